The quantitative estimate of drug-likeness (QED) is 0.786. The van der Waals surface area contributed by atoms with Gasteiger partial charge in [0.1, 0.15) is 11.3 Å². The molecular weight excluding hydrogens is 328 g/mol. The van der Waals surface area contributed by atoms with Gasteiger partial charge < -0.3 is 14.2 Å². The Kier molecular flexibility index (Phi) is 4.47. The zero-order valence-corrected chi connectivity index (χ0v) is 15.5. The number of furan rings is 1. The molecule has 2 aliphatic rings. The molecule has 26 heavy (non-hydrogen) atoms. The molecule has 0 spiro atoms. The van der Waals surface area contributed by atoms with Gasteiger partial charge in [-0.3, -0.25) is 9.59 Å². The molecule has 2 saturated heterocycles. The van der Waals surface area contributed by atoms with E-state index in [1.807, 2.05) is 36.1 Å². The molecule has 5 heteroatoms. The van der Waals surface area contributed by atoms with Crippen LogP contribution in [-0.2, 0) is 4.79 Å². The molecule has 0 N–H and O–H groups in total. The average molecular weight is 354 g/mol. The molecule has 0 unspecified atom stereocenters. The van der Waals surface area contributed by atoms with Crippen LogP contribution >= 0.6 is 0 Å². The Morgan fingerprint density at radius 3 is 2.77 bits per heavy atom. The van der Waals surface area contributed by atoms with Crippen molar-refractivity contribution in [2.24, 2.45) is 5.92 Å². The lowest BCUT2D eigenvalue weighted by atomic mass is 9.88. The van der Waals surface area contributed by atoms with E-state index < -0.39 is 0 Å². The second-order valence-corrected chi connectivity index (χ2v) is 7.69. The molecule has 2 atom stereocenters. The smallest absolute Gasteiger partial charge is 0.254 e. The summed E-state index contributed by atoms with van der Waals surface area (Å²) in [7, 11) is 0. The Labute approximate surface area is 153 Å². The highest BCUT2D eigenvalue weighted by Crippen LogP contribution is 2.31. The predicted octanol–water partition coefficient (Wildman–Crippen LogP) is 3.60. The minimum atomic E-state index is 0.110. The Morgan fingerprint density at radius 2 is 1.96 bits per heavy atom. The van der Waals surface area contributed by atoms with Gasteiger partial charge in [0.2, 0.25) is 5.91 Å². The lowest BCUT2D eigenvalue weighted by Gasteiger charge is -2.42. The first-order chi connectivity index (χ1) is 12.5. The van der Waals surface area contributed by atoms with E-state index in [1.165, 1.54) is 0 Å². The first kappa shape index (κ1) is 17.1. The summed E-state index contributed by atoms with van der Waals surface area (Å²) in [6.07, 6.45) is 4.13. The number of aryl methyl sites for hydroxylation is 1. The third kappa shape index (κ3) is 3.11. The number of nitrogens with zero attached hydrogens (tertiary/aromatic N) is 2. The zero-order chi connectivity index (χ0) is 18.3. The molecule has 3 heterocycles. The maximum absolute atomic E-state index is 13.3. The maximum atomic E-state index is 13.3. The van der Waals surface area contributed by atoms with Crippen LogP contribution in [0.2, 0.25) is 0 Å². The average Bonchev–Trinajstić information content (AvgIpc) is 2.87. The molecule has 1 aromatic heterocycles. The van der Waals surface area contributed by atoms with E-state index in [2.05, 4.69) is 4.90 Å². The fourth-order valence-electron chi connectivity index (χ4n) is 4.58. The van der Waals surface area contributed by atoms with Crippen molar-refractivity contribution in [3.63, 3.8) is 0 Å². The number of benzene rings is 1. The first-order valence-corrected chi connectivity index (χ1v) is 9.59. The summed E-state index contributed by atoms with van der Waals surface area (Å²) < 4.78 is 5.63. The van der Waals surface area contributed by atoms with Crippen LogP contribution in [0, 0.1) is 12.8 Å². The molecule has 0 radical (unpaired) electrons. The van der Waals surface area contributed by atoms with Gasteiger partial charge >= 0.3 is 0 Å². The minimum absolute atomic E-state index is 0.110. The SMILES string of the molecule is CC(=O)N1CC[C@@H]2[C@H](CCCCN2C(=O)c2ccc3oc(C)cc3c2)C1. The van der Waals surface area contributed by atoms with Crippen LogP contribution in [0.25, 0.3) is 11.0 Å². The molecule has 0 saturated carbocycles. The summed E-state index contributed by atoms with van der Waals surface area (Å²) in [5, 5.41) is 0.978. The maximum Gasteiger partial charge on any atom is 0.254 e. The number of piperidine rings is 1. The van der Waals surface area contributed by atoms with Crippen molar-refractivity contribution in [3.8, 4) is 0 Å². The largest absolute Gasteiger partial charge is 0.461 e. The van der Waals surface area contributed by atoms with Crippen LogP contribution in [0.1, 0.15) is 48.7 Å². The van der Waals surface area contributed by atoms with Crippen molar-refractivity contribution in [1.29, 1.82) is 0 Å². The van der Waals surface area contributed by atoms with Gasteiger partial charge in [0.05, 0.1) is 0 Å². The van der Waals surface area contributed by atoms with E-state index in [1.54, 1.807) is 6.92 Å². The molecule has 0 bridgehead atoms. The summed E-state index contributed by atoms with van der Waals surface area (Å²) in [5.41, 5.74) is 1.55. The number of carbonyl (C=O) groups is 2. The van der Waals surface area contributed by atoms with Crippen molar-refractivity contribution in [2.45, 2.75) is 45.6 Å². The molecular formula is C21H26N2O3. The van der Waals surface area contributed by atoms with Gasteiger partial charge in [0, 0.05) is 43.5 Å². The Hall–Kier alpha value is -2.30. The molecule has 2 aromatic rings. The number of hydrogen-bond acceptors (Lipinski definition) is 3. The summed E-state index contributed by atoms with van der Waals surface area (Å²) >= 11 is 0. The third-order valence-corrected chi connectivity index (χ3v) is 5.91. The van der Waals surface area contributed by atoms with E-state index in [-0.39, 0.29) is 17.9 Å². The van der Waals surface area contributed by atoms with Gasteiger partial charge in [-0.15, -0.1) is 0 Å². The highest BCUT2D eigenvalue weighted by molar-refractivity contribution is 5.98. The Morgan fingerprint density at radius 1 is 1.12 bits per heavy atom. The molecule has 2 aliphatic heterocycles. The standard InChI is InChI=1S/C21H26N2O3/c1-14-11-18-12-16(6-7-20(18)26-14)21(25)23-9-4-3-5-17-13-22(15(2)24)10-8-19(17)23/h6-7,11-12,17,19H,3-5,8-10,13H2,1-2H3/t17-,19-/m1/s1. The fourth-order valence-corrected chi connectivity index (χ4v) is 4.58. The molecule has 0 aliphatic carbocycles. The van der Waals surface area contributed by atoms with E-state index in [9.17, 15) is 9.59 Å². The second kappa shape index (κ2) is 6.78. The first-order valence-electron chi connectivity index (χ1n) is 9.59. The summed E-state index contributed by atoms with van der Waals surface area (Å²) in [6.45, 7) is 5.90. The zero-order valence-electron chi connectivity index (χ0n) is 15.5. The summed E-state index contributed by atoms with van der Waals surface area (Å²) in [5.74, 6) is 1.50. The number of likely N-dealkylation sites (tertiary alicyclic amines) is 2. The van der Waals surface area contributed by atoms with Gasteiger partial charge in [-0.1, -0.05) is 6.42 Å². The number of amides is 2. The van der Waals surface area contributed by atoms with Crippen LogP contribution in [0.3, 0.4) is 0 Å². The van der Waals surface area contributed by atoms with Crippen LogP contribution in [0.5, 0.6) is 0 Å². The van der Waals surface area contributed by atoms with Crippen molar-refractivity contribution in [1.82, 2.24) is 9.80 Å². The van der Waals surface area contributed by atoms with Gasteiger partial charge in [0.15, 0.2) is 0 Å². The van der Waals surface area contributed by atoms with Gasteiger partial charge in [-0.2, -0.15) is 0 Å². The molecule has 4 rings (SSSR count). The normalized spacial score (nSPS) is 23.6. The molecule has 2 fully saturated rings. The number of rotatable bonds is 1. The van der Waals surface area contributed by atoms with E-state index >= 15 is 0 Å². The van der Waals surface area contributed by atoms with E-state index in [0.717, 1.165) is 67.6 Å². The van der Waals surface area contributed by atoms with Crippen LogP contribution < -0.4 is 0 Å². The van der Waals surface area contributed by atoms with Crippen LogP contribution in [0.4, 0.5) is 0 Å². The highest BCUT2D eigenvalue weighted by Gasteiger charge is 2.37. The van der Waals surface area contributed by atoms with Crippen LogP contribution in [-0.4, -0.2) is 47.3 Å². The fraction of sp³-hybridized carbons (Fsp3) is 0.524. The topological polar surface area (TPSA) is 53.8 Å². The molecule has 138 valence electrons. The molecule has 1 aromatic carbocycles. The van der Waals surface area contributed by atoms with Crippen molar-refractivity contribution < 1.29 is 14.0 Å². The Bertz CT molecular complexity index is 841. The summed E-state index contributed by atoms with van der Waals surface area (Å²) in [6, 6.07) is 7.92. The lowest BCUT2D eigenvalue weighted by Crippen LogP contribution is -2.53. The second-order valence-electron chi connectivity index (χ2n) is 7.69. The van der Waals surface area contributed by atoms with Crippen molar-refractivity contribution in [3.05, 3.63) is 35.6 Å². The number of fused-ring (bicyclic) bond motifs is 2. The third-order valence-electron chi connectivity index (χ3n) is 5.91. The molecule has 2 amide bonds. The number of hydrogen-bond donors (Lipinski definition) is 0. The van der Waals surface area contributed by atoms with Crippen molar-refractivity contribution >= 4 is 22.8 Å². The van der Waals surface area contributed by atoms with Crippen molar-refractivity contribution in [2.75, 3.05) is 19.6 Å². The minimum Gasteiger partial charge on any atom is -0.461 e. The monoisotopic (exact) mass is 354 g/mol. The van der Waals surface area contributed by atoms with Crippen LogP contribution in [0.15, 0.2) is 28.7 Å². The number of carbonyl (C=O) groups excluding carboxylic acids is 2. The van der Waals surface area contributed by atoms with E-state index in [4.69, 9.17) is 4.42 Å². The predicted molar refractivity (Wildman–Crippen MR) is 100.0 cm³/mol. The van der Waals surface area contributed by atoms with Gasteiger partial charge in [-0.25, -0.2) is 0 Å². The van der Waals surface area contributed by atoms with E-state index in [0.29, 0.717) is 5.92 Å². The lowest BCUT2D eigenvalue weighted by molar-refractivity contribution is -0.131. The van der Waals surface area contributed by atoms with Gasteiger partial charge in [0.25, 0.3) is 5.91 Å². The van der Waals surface area contributed by atoms with Gasteiger partial charge in [-0.05, 0) is 56.4 Å². The molecule has 5 nitrogen and oxygen atoms in total. The summed E-state index contributed by atoms with van der Waals surface area (Å²) in [4.78, 5) is 29.1. The highest BCUT2D eigenvalue weighted by atomic mass is 16.3. The Balaban J connectivity index is 1.59.